The van der Waals surface area contributed by atoms with Gasteiger partial charge in [-0.1, -0.05) is 33.6 Å². The number of amides is 1. The molecular formula is C16H16BrClN2O2. The number of anilines is 2. The summed E-state index contributed by atoms with van der Waals surface area (Å²) in [5, 5.41) is 6.61. The van der Waals surface area contributed by atoms with Crippen LogP contribution in [0.25, 0.3) is 0 Å². The van der Waals surface area contributed by atoms with Crippen molar-refractivity contribution in [3.8, 4) is 5.75 Å². The van der Waals surface area contributed by atoms with Crippen LogP contribution in [0.5, 0.6) is 5.75 Å². The second-order valence-corrected chi connectivity index (χ2v) is 5.93. The number of hydrogen-bond donors (Lipinski definition) is 2. The lowest BCUT2D eigenvalue weighted by atomic mass is 10.2. The van der Waals surface area contributed by atoms with Gasteiger partial charge in [-0.05, 0) is 36.4 Å². The smallest absolute Gasteiger partial charge is 0.226 e. The van der Waals surface area contributed by atoms with Crippen LogP contribution in [0, 0.1) is 0 Å². The maximum atomic E-state index is 11.9. The molecule has 0 aliphatic heterocycles. The molecule has 6 heteroatoms. The van der Waals surface area contributed by atoms with Crippen molar-refractivity contribution in [3.63, 3.8) is 0 Å². The topological polar surface area (TPSA) is 50.4 Å². The fourth-order valence-corrected chi connectivity index (χ4v) is 2.49. The fraction of sp³-hybridized carbons (Fsp3) is 0.188. The van der Waals surface area contributed by atoms with Crippen molar-refractivity contribution in [2.75, 3.05) is 24.3 Å². The first-order valence-electron chi connectivity index (χ1n) is 6.71. The molecule has 0 saturated heterocycles. The summed E-state index contributed by atoms with van der Waals surface area (Å²) in [6.45, 7) is 0.483. The molecule has 0 aliphatic rings. The first-order valence-corrected chi connectivity index (χ1v) is 7.88. The Kier molecular flexibility index (Phi) is 6.10. The van der Waals surface area contributed by atoms with Gasteiger partial charge in [-0.15, -0.1) is 0 Å². The lowest BCUT2D eigenvalue weighted by Crippen LogP contribution is -2.16. The van der Waals surface area contributed by atoms with Crippen LogP contribution in [0.4, 0.5) is 11.4 Å². The zero-order valence-corrected chi connectivity index (χ0v) is 14.4. The molecule has 0 atom stereocenters. The second-order valence-electron chi connectivity index (χ2n) is 4.58. The van der Waals surface area contributed by atoms with Gasteiger partial charge in [-0.3, -0.25) is 4.79 Å². The average Bonchev–Trinajstić information content (AvgIpc) is 2.47. The molecule has 0 bridgehead atoms. The summed E-state index contributed by atoms with van der Waals surface area (Å²) in [5.74, 6) is 0.628. The third-order valence-electron chi connectivity index (χ3n) is 2.94. The van der Waals surface area contributed by atoms with Crippen LogP contribution in [-0.4, -0.2) is 19.6 Å². The minimum absolute atomic E-state index is 0.0633. The van der Waals surface area contributed by atoms with Crippen LogP contribution < -0.4 is 15.4 Å². The Hall–Kier alpha value is -1.72. The summed E-state index contributed by atoms with van der Waals surface area (Å²) in [5.41, 5.74) is 1.53. The van der Waals surface area contributed by atoms with Crippen molar-refractivity contribution in [2.45, 2.75) is 6.42 Å². The van der Waals surface area contributed by atoms with E-state index in [0.29, 0.717) is 23.7 Å². The van der Waals surface area contributed by atoms with E-state index in [4.69, 9.17) is 16.3 Å². The number of methoxy groups -OCH3 is 1. The van der Waals surface area contributed by atoms with Gasteiger partial charge in [0.25, 0.3) is 0 Å². The predicted octanol–water partition coefficient (Wildman–Crippen LogP) is 4.55. The molecule has 0 saturated carbocycles. The summed E-state index contributed by atoms with van der Waals surface area (Å²) in [7, 11) is 1.59. The molecule has 2 aromatic rings. The Balaban J connectivity index is 1.86. The van der Waals surface area contributed by atoms with Crippen molar-refractivity contribution in [3.05, 3.63) is 52.0 Å². The zero-order chi connectivity index (χ0) is 15.9. The summed E-state index contributed by atoms with van der Waals surface area (Å²) < 4.78 is 6.16. The molecule has 2 N–H and O–H groups in total. The number of halogens is 2. The van der Waals surface area contributed by atoms with Crippen molar-refractivity contribution >= 4 is 44.8 Å². The molecule has 0 spiro atoms. The van der Waals surface area contributed by atoms with Crippen molar-refractivity contribution < 1.29 is 9.53 Å². The van der Waals surface area contributed by atoms with Crippen LogP contribution in [-0.2, 0) is 4.79 Å². The number of ether oxygens (including phenoxy) is 1. The quantitative estimate of drug-likeness (QED) is 0.769. The molecule has 4 nitrogen and oxygen atoms in total. The number of benzene rings is 2. The maximum absolute atomic E-state index is 11.9. The minimum atomic E-state index is -0.0633. The molecule has 2 aromatic carbocycles. The monoisotopic (exact) mass is 382 g/mol. The van der Waals surface area contributed by atoms with Crippen LogP contribution in [0.1, 0.15) is 6.42 Å². The first kappa shape index (κ1) is 16.6. The van der Waals surface area contributed by atoms with Gasteiger partial charge in [0, 0.05) is 28.1 Å². The predicted molar refractivity (Wildman–Crippen MR) is 93.9 cm³/mol. The lowest BCUT2D eigenvalue weighted by Gasteiger charge is -2.11. The third-order valence-corrected chi connectivity index (χ3v) is 3.67. The molecule has 22 heavy (non-hydrogen) atoms. The Morgan fingerprint density at radius 2 is 2.09 bits per heavy atom. The molecule has 1 amide bonds. The van der Waals surface area contributed by atoms with Crippen molar-refractivity contribution in [1.29, 1.82) is 0 Å². The van der Waals surface area contributed by atoms with E-state index in [-0.39, 0.29) is 5.91 Å². The first-order chi connectivity index (χ1) is 10.6. The van der Waals surface area contributed by atoms with Crippen LogP contribution >= 0.6 is 27.5 Å². The summed E-state index contributed by atoms with van der Waals surface area (Å²) >= 11 is 9.33. The molecule has 0 fully saturated rings. The highest BCUT2D eigenvalue weighted by atomic mass is 79.9. The highest BCUT2D eigenvalue weighted by Gasteiger charge is 2.06. The average molecular weight is 384 g/mol. The molecule has 0 aromatic heterocycles. The number of carbonyl (C=O) groups excluding carboxylic acids is 1. The number of rotatable bonds is 6. The van der Waals surface area contributed by atoms with Crippen molar-refractivity contribution in [1.82, 2.24) is 0 Å². The molecule has 0 aliphatic carbocycles. The van der Waals surface area contributed by atoms with Gasteiger partial charge in [0.2, 0.25) is 5.91 Å². The van der Waals surface area contributed by atoms with Gasteiger partial charge in [-0.25, -0.2) is 0 Å². The highest BCUT2D eigenvalue weighted by molar-refractivity contribution is 9.10. The van der Waals surface area contributed by atoms with E-state index in [2.05, 4.69) is 26.6 Å². The highest BCUT2D eigenvalue weighted by Crippen LogP contribution is 2.27. The van der Waals surface area contributed by atoms with Crippen LogP contribution in [0.15, 0.2) is 46.9 Å². The van der Waals surface area contributed by atoms with Gasteiger partial charge in [0.05, 0.1) is 12.8 Å². The Morgan fingerprint density at radius 3 is 2.82 bits per heavy atom. The van der Waals surface area contributed by atoms with Crippen LogP contribution in [0.2, 0.25) is 5.02 Å². The Bertz CT molecular complexity index is 664. The lowest BCUT2D eigenvalue weighted by molar-refractivity contribution is -0.115. The summed E-state index contributed by atoms with van der Waals surface area (Å²) in [4.78, 5) is 11.9. The number of nitrogens with one attached hydrogen (secondary N) is 2. The maximum Gasteiger partial charge on any atom is 0.226 e. The fourth-order valence-electron chi connectivity index (χ4n) is 1.92. The van der Waals surface area contributed by atoms with E-state index in [1.165, 1.54) is 0 Å². The second kappa shape index (κ2) is 8.06. The van der Waals surface area contributed by atoms with E-state index >= 15 is 0 Å². The molecule has 0 unspecified atom stereocenters. The van der Waals surface area contributed by atoms with Crippen LogP contribution in [0.3, 0.4) is 0 Å². The van der Waals surface area contributed by atoms with Gasteiger partial charge >= 0.3 is 0 Å². The van der Waals surface area contributed by atoms with Gasteiger partial charge in [0.15, 0.2) is 0 Å². The van der Waals surface area contributed by atoms with E-state index in [1.807, 2.05) is 24.3 Å². The molecule has 116 valence electrons. The van der Waals surface area contributed by atoms with Gasteiger partial charge in [0.1, 0.15) is 5.75 Å². The standard InChI is InChI=1S/C16H16BrClN2O2/c1-22-15-6-5-12(18)10-14(15)19-8-7-16(21)20-13-4-2-3-11(17)9-13/h2-6,9-10,19H,7-8H2,1H3,(H,20,21). The van der Waals surface area contributed by atoms with Gasteiger partial charge < -0.3 is 15.4 Å². The number of carbonyl (C=O) groups is 1. The van der Waals surface area contributed by atoms with E-state index in [1.54, 1.807) is 25.3 Å². The summed E-state index contributed by atoms with van der Waals surface area (Å²) in [6.07, 6.45) is 0.335. The minimum Gasteiger partial charge on any atom is -0.495 e. The normalized spacial score (nSPS) is 10.1. The third kappa shape index (κ3) is 4.93. The largest absolute Gasteiger partial charge is 0.495 e. The Labute approximate surface area is 142 Å². The molecule has 0 radical (unpaired) electrons. The van der Waals surface area contributed by atoms with Crippen molar-refractivity contribution in [2.24, 2.45) is 0 Å². The number of hydrogen-bond acceptors (Lipinski definition) is 3. The summed E-state index contributed by atoms with van der Waals surface area (Å²) in [6, 6.07) is 12.8. The van der Waals surface area contributed by atoms with E-state index < -0.39 is 0 Å². The zero-order valence-electron chi connectivity index (χ0n) is 12.0. The molecule has 0 heterocycles. The van der Waals surface area contributed by atoms with E-state index in [9.17, 15) is 4.79 Å². The Morgan fingerprint density at radius 1 is 1.27 bits per heavy atom. The molecular weight excluding hydrogens is 368 g/mol. The van der Waals surface area contributed by atoms with E-state index in [0.717, 1.165) is 15.8 Å². The van der Waals surface area contributed by atoms with Gasteiger partial charge in [-0.2, -0.15) is 0 Å². The molecule has 2 rings (SSSR count). The SMILES string of the molecule is COc1ccc(Cl)cc1NCCC(=O)Nc1cccc(Br)c1.